The van der Waals surface area contributed by atoms with Gasteiger partial charge in [0.25, 0.3) is 5.91 Å². The molecule has 1 saturated heterocycles. The number of thiazole rings is 1. The van der Waals surface area contributed by atoms with E-state index in [-0.39, 0.29) is 5.91 Å². The summed E-state index contributed by atoms with van der Waals surface area (Å²) in [4.78, 5) is 27.4. The minimum absolute atomic E-state index is 0.138. The van der Waals surface area contributed by atoms with Gasteiger partial charge < -0.3 is 24.6 Å². The highest BCUT2D eigenvalue weighted by Gasteiger charge is 2.18. The number of methoxy groups -OCH3 is 2. The summed E-state index contributed by atoms with van der Waals surface area (Å²) in [5.41, 5.74) is 2.54. The molecule has 1 amide bonds. The van der Waals surface area contributed by atoms with Gasteiger partial charge in [0, 0.05) is 44.5 Å². The quantitative estimate of drug-likeness (QED) is 0.527. The number of aryl methyl sites for hydroxylation is 1. The molecule has 2 aromatic heterocycles. The Kier molecular flexibility index (Phi) is 7.64. The van der Waals surface area contributed by atoms with Crippen LogP contribution in [0.1, 0.15) is 27.9 Å². The maximum atomic E-state index is 12.9. The van der Waals surface area contributed by atoms with Crippen LogP contribution in [0.4, 0.5) is 5.82 Å². The fourth-order valence-corrected chi connectivity index (χ4v) is 4.94. The number of rotatable bonds is 8. The van der Waals surface area contributed by atoms with Gasteiger partial charge in [0.05, 0.1) is 19.9 Å². The first-order chi connectivity index (χ1) is 16.5. The van der Waals surface area contributed by atoms with Gasteiger partial charge in [-0.3, -0.25) is 4.79 Å². The average Bonchev–Trinajstić information content (AvgIpc) is 3.28. The van der Waals surface area contributed by atoms with Gasteiger partial charge in [-0.05, 0) is 43.3 Å². The van der Waals surface area contributed by atoms with Crippen LogP contribution in [-0.2, 0) is 6.54 Å². The molecule has 9 heteroatoms. The first kappa shape index (κ1) is 24.0. The number of hydrogen-bond donors (Lipinski definition) is 1. The maximum absolute atomic E-state index is 12.9. The third kappa shape index (κ3) is 5.31. The standard InChI is InChI=1S/C25H31N5O3S/c1-5-29-10-12-30(13-11-29)22-9-6-18(15-26-22)16-27-24(31)23-17(2)28-25(34-23)19-7-8-20(32-3)21(14-19)33-4/h6-9,14-15H,5,10-13,16H2,1-4H3,(H,27,31). The molecule has 3 aromatic rings. The summed E-state index contributed by atoms with van der Waals surface area (Å²) in [5.74, 6) is 2.13. The zero-order valence-electron chi connectivity index (χ0n) is 20.1. The van der Waals surface area contributed by atoms with E-state index in [4.69, 9.17) is 9.47 Å². The van der Waals surface area contributed by atoms with Crippen molar-refractivity contribution in [3.63, 3.8) is 0 Å². The van der Waals surface area contributed by atoms with Crippen molar-refractivity contribution in [2.75, 3.05) is 51.8 Å². The number of piperazine rings is 1. The predicted molar refractivity (Wildman–Crippen MR) is 135 cm³/mol. The number of carbonyl (C=O) groups excluding carboxylic acids is 1. The number of amides is 1. The van der Waals surface area contributed by atoms with Crippen molar-refractivity contribution in [3.05, 3.63) is 52.7 Å². The van der Waals surface area contributed by atoms with E-state index < -0.39 is 0 Å². The number of anilines is 1. The van der Waals surface area contributed by atoms with Crippen LogP contribution >= 0.6 is 11.3 Å². The minimum atomic E-state index is -0.138. The maximum Gasteiger partial charge on any atom is 0.263 e. The van der Waals surface area contributed by atoms with Crippen LogP contribution in [0.2, 0.25) is 0 Å². The number of aromatic nitrogens is 2. The van der Waals surface area contributed by atoms with Crippen LogP contribution in [0.15, 0.2) is 36.5 Å². The van der Waals surface area contributed by atoms with E-state index in [2.05, 4.69) is 32.0 Å². The lowest BCUT2D eigenvalue weighted by molar-refractivity contribution is 0.0954. The van der Waals surface area contributed by atoms with Gasteiger partial charge in [-0.25, -0.2) is 9.97 Å². The predicted octanol–water partition coefficient (Wildman–Crippen LogP) is 3.60. The molecule has 1 fully saturated rings. The van der Waals surface area contributed by atoms with E-state index in [1.807, 2.05) is 43.5 Å². The van der Waals surface area contributed by atoms with Gasteiger partial charge in [0.2, 0.25) is 0 Å². The Labute approximate surface area is 204 Å². The van der Waals surface area contributed by atoms with Crippen molar-refractivity contribution < 1.29 is 14.3 Å². The van der Waals surface area contributed by atoms with Crippen molar-refractivity contribution in [2.45, 2.75) is 20.4 Å². The molecule has 8 nitrogen and oxygen atoms in total. The van der Waals surface area contributed by atoms with Crippen LogP contribution in [-0.4, -0.2) is 67.7 Å². The average molecular weight is 482 g/mol. The lowest BCUT2D eigenvalue weighted by Crippen LogP contribution is -2.46. The number of carbonyl (C=O) groups is 1. The van der Waals surface area contributed by atoms with Gasteiger partial charge in [0.15, 0.2) is 11.5 Å². The second-order valence-electron chi connectivity index (χ2n) is 8.13. The molecule has 1 aromatic carbocycles. The van der Waals surface area contributed by atoms with Gasteiger partial charge in [-0.1, -0.05) is 13.0 Å². The second-order valence-corrected chi connectivity index (χ2v) is 9.13. The fourth-order valence-electron chi connectivity index (χ4n) is 3.96. The molecule has 180 valence electrons. The Hall–Kier alpha value is -3.17. The summed E-state index contributed by atoms with van der Waals surface area (Å²) >= 11 is 1.37. The third-order valence-electron chi connectivity index (χ3n) is 6.04. The van der Waals surface area contributed by atoms with Crippen LogP contribution in [0.5, 0.6) is 11.5 Å². The number of hydrogen-bond acceptors (Lipinski definition) is 8. The Morgan fingerprint density at radius 3 is 2.50 bits per heavy atom. The third-order valence-corrected chi connectivity index (χ3v) is 7.24. The number of ether oxygens (including phenoxy) is 2. The monoisotopic (exact) mass is 481 g/mol. The van der Waals surface area contributed by atoms with E-state index in [1.165, 1.54) is 11.3 Å². The highest BCUT2D eigenvalue weighted by molar-refractivity contribution is 7.17. The number of benzene rings is 1. The Bertz CT molecular complexity index is 1120. The van der Waals surface area contributed by atoms with Crippen LogP contribution in [0.3, 0.4) is 0 Å². The molecular formula is C25H31N5O3S. The van der Waals surface area contributed by atoms with E-state index in [9.17, 15) is 4.79 Å². The Morgan fingerprint density at radius 2 is 1.85 bits per heavy atom. The van der Waals surface area contributed by atoms with Crippen molar-refractivity contribution in [1.82, 2.24) is 20.2 Å². The molecule has 0 saturated carbocycles. The van der Waals surface area contributed by atoms with Crippen LogP contribution in [0.25, 0.3) is 10.6 Å². The number of likely N-dealkylation sites (N-methyl/N-ethyl adjacent to an activating group) is 1. The topological polar surface area (TPSA) is 79.8 Å². The molecule has 1 N–H and O–H groups in total. The highest BCUT2D eigenvalue weighted by atomic mass is 32.1. The molecule has 1 aliphatic heterocycles. The lowest BCUT2D eigenvalue weighted by Gasteiger charge is -2.34. The van der Waals surface area contributed by atoms with E-state index in [0.717, 1.165) is 54.7 Å². The summed E-state index contributed by atoms with van der Waals surface area (Å²) in [7, 11) is 3.20. The molecule has 4 rings (SSSR count). The van der Waals surface area contributed by atoms with Gasteiger partial charge in [0.1, 0.15) is 15.7 Å². The van der Waals surface area contributed by atoms with Crippen molar-refractivity contribution in [3.8, 4) is 22.1 Å². The van der Waals surface area contributed by atoms with Gasteiger partial charge in [-0.15, -0.1) is 11.3 Å². The Morgan fingerprint density at radius 1 is 1.09 bits per heavy atom. The molecule has 1 aliphatic rings. The molecule has 0 radical (unpaired) electrons. The molecule has 3 heterocycles. The normalized spacial score (nSPS) is 14.2. The molecule has 0 atom stereocenters. The second kappa shape index (κ2) is 10.8. The SMILES string of the molecule is CCN1CCN(c2ccc(CNC(=O)c3sc(-c4ccc(OC)c(OC)c4)nc3C)cn2)CC1. The molecular weight excluding hydrogens is 450 g/mol. The zero-order valence-corrected chi connectivity index (χ0v) is 20.9. The molecule has 0 unspecified atom stereocenters. The van der Waals surface area contributed by atoms with E-state index in [1.54, 1.807) is 14.2 Å². The number of pyridine rings is 1. The molecule has 0 bridgehead atoms. The summed E-state index contributed by atoms with van der Waals surface area (Å²) < 4.78 is 10.7. The van der Waals surface area contributed by atoms with Crippen molar-refractivity contribution in [1.29, 1.82) is 0 Å². The van der Waals surface area contributed by atoms with E-state index in [0.29, 0.717) is 28.6 Å². The first-order valence-electron chi connectivity index (χ1n) is 11.4. The van der Waals surface area contributed by atoms with Gasteiger partial charge in [-0.2, -0.15) is 0 Å². The summed E-state index contributed by atoms with van der Waals surface area (Å²) in [6.07, 6.45) is 1.84. The lowest BCUT2D eigenvalue weighted by atomic mass is 10.2. The van der Waals surface area contributed by atoms with Crippen LogP contribution < -0.4 is 19.7 Å². The fraction of sp³-hybridized carbons (Fsp3) is 0.400. The van der Waals surface area contributed by atoms with Crippen molar-refractivity contribution >= 4 is 23.1 Å². The van der Waals surface area contributed by atoms with Gasteiger partial charge >= 0.3 is 0 Å². The molecule has 0 aliphatic carbocycles. The number of nitrogens with zero attached hydrogens (tertiary/aromatic N) is 4. The molecule has 34 heavy (non-hydrogen) atoms. The summed E-state index contributed by atoms with van der Waals surface area (Å²) in [6.45, 7) is 9.67. The highest BCUT2D eigenvalue weighted by Crippen LogP contribution is 2.35. The molecule has 0 spiro atoms. The van der Waals surface area contributed by atoms with E-state index >= 15 is 0 Å². The van der Waals surface area contributed by atoms with Crippen molar-refractivity contribution in [2.24, 2.45) is 0 Å². The smallest absolute Gasteiger partial charge is 0.263 e. The van der Waals surface area contributed by atoms with Crippen LogP contribution in [0, 0.1) is 6.92 Å². The number of nitrogens with one attached hydrogen (secondary N) is 1. The summed E-state index contributed by atoms with van der Waals surface area (Å²) in [5, 5.41) is 3.76. The summed E-state index contributed by atoms with van der Waals surface area (Å²) in [6, 6.07) is 9.69. The minimum Gasteiger partial charge on any atom is -0.493 e. The zero-order chi connectivity index (χ0) is 24.1. The largest absolute Gasteiger partial charge is 0.493 e. The Balaban J connectivity index is 1.38. The first-order valence-corrected chi connectivity index (χ1v) is 12.2.